The highest BCUT2D eigenvalue weighted by atomic mass is 32.1. The van der Waals surface area contributed by atoms with E-state index in [9.17, 15) is 10.2 Å². The third kappa shape index (κ3) is 4.31. The minimum absolute atomic E-state index is 0.0603. The van der Waals surface area contributed by atoms with Gasteiger partial charge in [-0.2, -0.15) is 12.6 Å². The van der Waals surface area contributed by atoms with Crippen LogP contribution in [0.2, 0.25) is 0 Å². The number of rotatable bonds is 6. The first kappa shape index (κ1) is 18.8. The maximum atomic E-state index is 11.1. The molecule has 1 aliphatic carbocycles. The van der Waals surface area contributed by atoms with E-state index in [4.69, 9.17) is 0 Å². The lowest BCUT2D eigenvalue weighted by Gasteiger charge is -2.27. The topological polar surface area (TPSA) is 56.6 Å². The summed E-state index contributed by atoms with van der Waals surface area (Å²) in [6.45, 7) is 3.06. The molecule has 2 heterocycles. The number of likely N-dealkylation sites (tertiary alicyclic amines) is 1. The molecule has 1 aliphatic heterocycles. The van der Waals surface area contributed by atoms with Crippen LogP contribution in [0.15, 0.2) is 48.7 Å². The van der Waals surface area contributed by atoms with E-state index in [2.05, 4.69) is 34.6 Å². The summed E-state index contributed by atoms with van der Waals surface area (Å²) in [5.74, 6) is 2.29. The average molecular weight is 385 g/mol. The highest BCUT2D eigenvalue weighted by molar-refractivity contribution is 7.80. The van der Waals surface area contributed by atoms with Crippen molar-refractivity contribution in [3.8, 4) is 5.88 Å². The van der Waals surface area contributed by atoms with Crippen molar-refractivity contribution in [1.29, 1.82) is 0 Å². The fourth-order valence-electron chi connectivity index (χ4n) is 5.05. The highest BCUT2D eigenvalue weighted by Crippen LogP contribution is 2.45. The quantitative estimate of drug-likeness (QED) is 0.670. The van der Waals surface area contributed by atoms with E-state index in [0.29, 0.717) is 17.8 Å². The fraction of sp³-hybridized carbons (Fsp3) is 0.500. The van der Waals surface area contributed by atoms with Crippen LogP contribution in [0.1, 0.15) is 29.9 Å². The molecule has 2 aliphatic rings. The first-order valence-corrected chi connectivity index (χ1v) is 10.4. The van der Waals surface area contributed by atoms with Gasteiger partial charge in [0.25, 0.3) is 0 Å². The van der Waals surface area contributed by atoms with E-state index in [-0.39, 0.29) is 5.88 Å². The number of aliphatic hydroxyl groups is 1. The summed E-state index contributed by atoms with van der Waals surface area (Å²) in [4.78, 5) is 6.53. The van der Waals surface area contributed by atoms with Crippen molar-refractivity contribution in [2.75, 3.05) is 25.4 Å². The summed E-state index contributed by atoms with van der Waals surface area (Å²) in [6.07, 6.45) is 4.32. The SMILES string of the molecule is Oc1ccc(C(CS)CN2C[C@@H]3C[C@@](O)(Cc4ccccc4)C[C@@H]3C2)cn1. The summed E-state index contributed by atoms with van der Waals surface area (Å²) in [5.41, 5.74) is 1.80. The van der Waals surface area contributed by atoms with Gasteiger partial charge >= 0.3 is 0 Å². The first-order chi connectivity index (χ1) is 13.0. The van der Waals surface area contributed by atoms with E-state index >= 15 is 0 Å². The van der Waals surface area contributed by atoms with E-state index in [0.717, 1.165) is 50.2 Å². The van der Waals surface area contributed by atoms with Gasteiger partial charge in [0.05, 0.1) is 5.60 Å². The van der Waals surface area contributed by atoms with Crippen LogP contribution in [-0.4, -0.2) is 51.1 Å². The molecule has 0 radical (unpaired) electrons. The first-order valence-electron chi connectivity index (χ1n) is 9.79. The van der Waals surface area contributed by atoms with Crippen molar-refractivity contribution in [1.82, 2.24) is 9.88 Å². The monoisotopic (exact) mass is 384 g/mol. The molecular formula is C22H28N2O2S. The highest BCUT2D eigenvalue weighted by Gasteiger charge is 2.48. The Kier molecular flexibility index (Phi) is 5.44. The van der Waals surface area contributed by atoms with Crippen LogP contribution in [0.5, 0.6) is 5.88 Å². The van der Waals surface area contributed by atoms with Crippen molar-refractivity contribution in [3.05, 3.63) is 59.8 Å². The molecule has 2 N–H and O–H groups in total. The molecule has 5 heteroatoms. The van der Waals surface area contributed by atoms with Crippen molar-refractivity contribution in [2.24, 2.45) is 11.8 Å². The molecule has 4 atom stereocenters. The predicted octanol–water partition coefficient (Wildman–Crippen LogP) is 3.12. The lowest BCUT2D eigenvalue weighted by Crippen LogP contribution is -2.33. The number of hydrogen-bond acceptors (Lipinski definition) is 5. The third-order valence-electron chi connectivity index (χ3n) is 6.25. The van der Waals surface area contributed by atoms with Gasteiger partial charge in [-0.15, -0.1) is 0 Å². The van der Waals surface area contributed by atoms with Crippen LogP contribution < -0.4 is 0 Å². The molecule has 0 amide bonds. The Balaban J connectivity index is 1.34. The molecule has 1 saturated carbocycles. The summed E-state index contributed by atoms with van der Waals surface area (Å²) in [6, 6.07) is 13.9. The summed E-state index contributed by atoms with van der Waals surface area (Å²) in [7, 11) is 0. The number of benzene rings is 1. The van der Waals surface area contributed by atoms with Gasteiger partial charge in [-0.1, -0.05) is 36.4 Å². The number of aromatic nitrogens is 1. The van der Waals surface area contributed by atoms with Gasteiger partial charge < -0.3 is 15.1 Å². The molecule has 0 bridgehead atoms. The predicted molar refractivity (Wildman–Crippen MR) is 110 cm³/mol. The summed E-state index contributed by atoms with van der Waals surface area (Å²) in [5, 5.41) is 20.5. The molecular weight excluding hydrogens is 356 g/mol. The largest absolute Gasteiger partial charge is 0.493 e. The van der Waals surface area contributed by atoms with E-state index in [1.54, 1.807) is 12.3 Å². The Morgan fingerprint density at radius 1 is 1.11 bits per heavy atom. The van der Waals surface area contributed by atoms with Gasteiger partial charge in [0.15, 0.2) is 0 Å². The Bertz CT molecular complexity index is 739. The third-order valence-corrected chi connectivity index (χ3v) is 6.69. The second kappa shape index (κ2) is 7.82. The normalized spacial score (nSPS) is 29.0. The maximum absolute atomic E-state index is 11.1. The molecule has 27 heavy (non-hydrogen) atoms. The molecule has 1 saturated heterocycles. The number of hydrogen-bond donors (Lipinski definition) is 3. The zero-order valence-electron chi connectivity index (χ0n) is 15.5. The van der Waals surface area contributed by atoms with E-state index in [1.165, 1.54) is 5.56 Å². The van der Waals surface area contributed by atoms with Gasteiger partial charge in [-0.25, -0.2) is 4.98 Å². The summed E-state index contributed by atoms with van der Waals surface area (Å²) < 4.78 is 0. The Morgan fingerprint density at radius 2 is 1.81 bits per heavy atom. The molecule has 1 aromatic heterocycles. The molecule has 2 aromatic rings. The van der Waals surface area contributed by atoms with E-state index in [1.807, 2.05) is 24.3 Å². The standard InChI is InChI=1S/C22H28N2O2S/c25-21-7-6-17(11-23-21)20(15-27)14-24-12-18-9-22(26,10-19(18)13-24)8-16-4-2-1-3-5-16/h1-7,11,18-20,26-27H,8-10,12-15H2,(H,23,25)/t18-,19+,20?,22-. The van der Waals surface area contributed by atoms with Crippen LogP contribution >= 0.6 is 12.6 Å². The average Bonchev–Trinajstić information content (AvgIpc) is 3.15. The van der Waals surface area contributed by atoms with Crippen LogP contribution in [0.4, 0.5) is 0 Å². The van der Waals surface area contributed by atoms with Crippen molar-refractivity contribution < 1.29 is 10.2 Å². The Morgan fingerprint density at radius 3 is 2.41 bits per heavy atom. The zero-order chi connectivity index (χ0) is 18.9. The lowest BCUT2D eigenvalue weighted by molar-refractivity contribution is 0.0353. The molecule has 1 unspecified atom stereocenters. The van der Waals surface area contributed by atoms with Crippen LogP contribution in [0.3, 0.4) is 0 Å². The number of fused-ring (bicyclic) bond motifs is 1. The zero-order valence-corrected chi connectivity index (χ0v) is 16.4. The molecule has 4 nitrogen and oxygen atoms in total. The molecule has 144 valence electrons. The van der Waals surface area contributed by atoms with Gasteiger partial charge in [-0.05, 0) is 41.6 Å². The molecule has 2 fully saturated rings. The van der Waals surface area contributed by atoms with Crippen LogP contribution in [0.25, 0.3) is 0 Å². The maximum Gasteiger partial charge on any atom is 0.210 e. The van der Waals surface area contributed by atoms with Gasteiger partial charge in [0, 0.05) is 44.2 Å². The number of aromatic hydroxyl groups is 1. The molecule has 0 spiro atoms. The molecule has 4 rings (SSSR count). The van der Waals surface area contributed by atoms with Crippen LogP contribution in [0, 0.1) is 11.8 Å². The minimum atomic E-state index is -0.549. The molecule has 1 aromatic carbocycles. The fourth-order valence-corrected chi connectivity index (χ4v) is 5.37. The number of pyridine rings is 1. The second-order valence-corrected chi connectivity index (χ2v) is 8.73. The second-order valence-electron chi connectivity index (χ2n) is 8.36. The smallest absolute Gasteiger partial charge is 0.210 e. The Labute approximate surface area is 166 Å². The van der Waals surface area contributed by atoms with Gasteiger partial charge in [0.1, 0.15) is 0 Å². The van der Waals surface area contributed by atoms with Crippen molar-refractivity contribution >= 4 is 12.6 Å². The number of nitrogens with zero attached hydrogens (tertiary/aromatic N) is 2. The minimum Gasteiger partial charge on any atom is -0.493 e. The van der Waals surface area contributed by atoms with Gasteiger partial charge in [-0.3, -0.25) is 0 Å². The van der Waals surface area contributed by atoms with Gasteiger partial charge in [0.2, 0.25) is 5.88 Å². The van der Waals surface area contributed by atoms with Crippen molar-refractivity contribution in [3.63, 3.8) is 0 Å². The van der Waals surface area contributed by atoms with Crippen molar-refractivity contribution in [2.45, 2.75) is 30.8 Å². The summed E-state index contributed by atoms with van der Waals surface area (Å²) >= 11 is 4.53. The Hall–Kier alpha value is -1.56. The lowest BCUT2D eigenvalue weighted by atomic mass is 9.91. The van der Waals surface area contributed by atoms with Crippen LogP contribution in [-0.2, 0) is 6.42 Å². The van der Waals surface area contributed by atoms with E-state index < -0.39 is 5.60 Å². The number of thiol groups is 1.